The minimum Gasteiger partial charge on any atom is -0.491 e. The van der Waals surface area contributed by atoms with E-state index in [0.717, 1.165) is 10.8 Å². The van der Waals surface area contributed by atoms with E-state index in [0.29, 0.717) is 47.0 Å². The van der Waals surface area contributed by atoms with Crippen LogP contribution in [0.4, 0.5) is 21.9 Å². The minimum atomic E-state index is -0.939. The van der Waals surface area contributed by atoms with Gasteiger partial charge in [-0.25, -0.2) is 4.79 Å². The fourth-order valence-corrected chi connectivity index (χ4v) is 5.11. The second-order valence-corrected chi connectivity index (χ2v) is 10.6. The fourth-order valence-electron chi connectivity index (χ4n) is 5.11. The van der Waals surface area contributed by atoms with Crippen LogP contribution in [0.25, 0.3) is 10.8 Å². The van der Waals surface area contributed by atoms with Crippen LogP contribution in [0.2, 0.25) is 0 Å². The number of hydrogen-bond acceptors (Lipinski definition) is 7. The van der Waals surface area contributed by atoms with Crippen LogP contribution in [-0.2, 0) is 9.53 Å². The summed E-state index contributed by atoms with van der Waals surface area (Å²) < 4.78 is 18.5. The van der Waals surface area contributed by atoms with Crippen molar-refractivity contribution in [3.63, 3.8) is 0 Å². The van der Waals surface area contributed by atoms with Crippen LogP contribution in [0.1, 0.15) is 24.5 Å². The summed E-state index contributed by atoms with van der Waals surface area (Å²) in [5.41, 5.74) is 8.12. The first kappa shape index (κ1) is 32.6. The number of nitrogens with one attached hydrogen (secondary N) is 2. The third-order valence-electron chi connectivity index (χ3n) is 7.31. The molecule has 5 N–H and O–H groups in total. The van der Waals surface area contributed by atoms with Gasteiger partial charge in [0.25, 0.3) is 0 Å². The van der Waals surface area contributed by atoms with Crippen molar-refractivity contribution < 1.29 is 28.9 Å². The monoisotopic (exact) mass is 631 g/mol. The standard InChI is InChI=1S/C38H37N3O6/c39-31-19-7-8-20-33(31)40-36(43)24-11-10-23-35(46-28-15-2-1-3-16-28)37(30-18-6-9-22-34(30)45-26-25-42)47-38(44)41-32-21-12-14-27-13-4-5-17-29(27)32/h1-9,11-22,24,35,37,42H,10,23,25-26,39H2,(H,40,43)(H,41,44)/b24-11+/t35-,37-/m0/s1. The highest BCUT2D eigenvalue weighted by Gasteiger charge is 2.31. The Morgan fingerprint density at radius 3 is 2.32 bits per heavy atom. The Kier molecular flexibility index (Phi) is 11.4. The summed E-state index contributed by atoms with van der Waals surface area (Å²) in [4.78, 5) is 26.2. The molecular formula is C38H37N3O6. The Labute approximate surface area is 273 Å². The van der Waals surface area contributed by atoms with Crippen molar-refractivity contribution in [1.29, 1.82) is 0 Å². The van der Waals surface area contributed by atoms with Gasteiger partial charge in [-0.05, 0) is 60.7 Å². The van der Waals surface area contributed by atoms with Gasteiger partial charge in [0.1, 0.15) is 24.2 Å². The quantitative estimate of drug-likeness (QED) is 0.0737. The maximum atomic E-state index is 13.6. The summed E-state index contributed by atoms with van der Waals surface area (Å²) in [6.45, 7) is -0.132. The molecule has 0 aromatic heterocycles. The Morgan fingerprint density at radius 2 is 1.49 bits per heavy atom. The number of aliphatic hydroxyl groups excluding tert-OH is 1. The second kappa shape index (κ2) is 16.5. The highest BCUT2D eigenvalue weighted by Crippen LogP contribution is 2.35. The van der Waals surface area contributed by atoms with Crippen molar-refractivity contribution in [2.24, 2.45) is 0 Å². The predicted molar refractivity (Wildman–Crippen MR) is 185 cm³/mol. The van der Waals surface area contributed by atoms with Crippen molar-refractivity contribution in [3.8, 4) is 11.5 Å². The summed E-state index contributed by atoms with van der Waals surface area (Å²) in [6, 6.07) is 36.8. The Balaban J connectivity index is 1.41. The van der Waals surface area contributed by atoms with E-state index in [2.05, 4.69) is 10.6 Å². The lowest BCUT2D eigenvalue weighted by molar-refractivity contribution is -0.111. The lowest BCUT2D eigenvalue weighted by Crippen LogP contribution is -2.31. The van der Waals surface area contributed by atoms with Gasteiger partial charge in [-0.15, -0.1) is 0 Å². The molecule has 9 nitrogen and oxygen atoms in total. The van der Waals surface area contributed by atoms with Gasteiger partial charge in [0, 0.05) is 10.9 Å². The molecule has 0 saturated heterocycles. The number of anilines is 3. The molecule has 0 radical (unpaired) electrons. The first-order valence-corrected chi connectivity index (χ1v) is 15.3. The molecule has 0 aliphatic heterocycles. The third kappa shape index (κ3) is 9.12. The largest absolute Gasteiger partial charge is 0.491 e. The summed E-state index contributed by atoms with van der Waals surface area (Å²) in [5, 5.41) is 17.0. The molecule has 2 amide bonds. The van der Waals surface area contributed by atoms with Gasteiger partial charge < -0.3 is 30.4 Å². The molecule has 0 fully saturated rings. The lowest BCUT2D eigenvalue weighted by Gasteiger charge is -2.29. The van der Waals surface area contributed by atoms with E-state index in [-0.39, 0.29) is 19.1 Å². The molecule has 240 valence electrons. The van der Waals surface area contributed by atoms with E-state index in [9.17, 15) is 14.7 Å². The molecule has 9 heteroatoms. The zero-order chi connectivity index (χ0) is 32.8. The maximum absolute atomic E-state index is 13.6. The predicted octanol–water partition coefficient (Wildman–Crippen LogP) is 7.51. The number of ether oxygens (including phenoxy) is 3. The third-order valence-corrected chi connectivity index (χ3v) is 7.31. The van der Waals surface area contributed by atoms with Crippen LogP contribution in [-0.4, -0.2) is 36.4 Å². The molecule has 2 atom stereocenters. The van der Waals surface area contributed by atoms with E-state index in [1.165, 1.54) is 6.08 Å². The first-order valence-electron chi connectivity index (χ1n) is 15.3. The van der Waals surface area contributed by atoms with Crippen molar-refractivity contribution in [2.45, 2.75) is 25.0 Å². The van der Waals surface area contributed by atoms with Gasteiger partial charge in [0.15, 0.2) is 6.10 Å². The summed E-state index contributed by atoms with van der Waals surface area (Å²) in [5.74, 6) is 0.700. The molecule has 0 spiro atoms. The number of carbonyl (C=O) groups excluding carboxylic acids is 2. The first-order chi connectivity index (χ1) is 23.0. The van der Waals surface area contributed by atoms with Crippen molar-refractivity contribution in [3.05, 3.63) is 139 Å². The van der Waals surface area contributed by atoms with Crippen LogP contribution >= 0.6 is 0 Å². The van der Waals surface area contributed by atoms with Crippen LogP contribution in [0.5, 0.6) is 11.5 Å². The van der Waals surface area contributed by atoms with E-state index in [1.54, 1.807) is 48.5 Å². The molecule has 0 unspecified atom stereocenters. The molecule has 5 aromatic rings. The number of amides is 2. The van der Waals surface area contributed by atoms with E-state index < -0.39 is 18.3 Å². The van der Waals surface area contributed by atoms with Crippen LogP contribution in [0, 0.1) is 0 Å². The molecule has 0 aliphatic carbocycles. The van der Waals surface area contributed by atoms with E-state index in [4.69, 9.17) is 19.9 Å². The normalized spacial score (nSPS) is 12.3. The molecule has 0 heterocycles. The number of rotatable bonds is 14. The summed E-state index contributed by atoms with van der Waals surface area (Å²) >= 11 is 0. The number of hydrogen-bond donors (Lipinski definition) is 4. The summed E-state index contributed by atoms with van der Waals surface area (Å²) in [7, 11) is 0. The molecule has 0 saturated carbocycles. The van der Waals surface area contributed by atoms with Crippen LogP contribution in [0.15, 0.2) is 133 Å². The molecular weight excluding hydrogens is 594 g/mol. The topological polar surface area (TPSA) is 132 Å². The number of nitrogens with two attached hydrogens (primary N) is 1. The molecule has 0 aliphatic rings. The molecule has 5 aromatic carbocycles. The number of carbonyl (C=O) groups is 2. The number of fused-ring (bicyclic) bond motifs is 1. The fraction of sp³-hybridized carbons (Fsp3) is 0.158. The number of nitrogen functional groups attached to an aromatic ring is 1. The van der Waals surface area contributed by atoms with Crippen molar-refractivity contribution in [1.82, 2.24) is 0 Å². The number of benzene rings is 5. The number of allylic oxidation sites excluding steroid dienone is 1. The number of aliphatic hydroxyl groups is 1. The van der Waals surface area contributed by atoms with Gasteiger partial charge in [-0.2, -0.15) is 0 Å². The smallest absolute Gasteiger partial charge is 0.412 e. The van der Waals surface area contributed by atoms with Crippen LogP contribution in [0.3, 0.4) is 0 Å². The average molecular weight is 632 g/mol. The van der Waals surface area contributed by atoms with Crippen molar-refractivity contribution >= 4 is 39.8 Å². The van der Waals surface area contributed by atoms with Gasteiger partial charge >= 0.3 is 6.09 Å². The summed E-state index contributed by atoms with van der Waals surface area (Å²) in [6.07, 6.45) is 1.63. The highest BCUT2D eigenvalue weighted by atomic mass is 16.6. The van der Waals surface area contributed by atoms with E-state index in [1.807, 2.05) is 78.9 Å². The van der Waals surface area contributed by atoms with Crippen LogP contribution < -0.4 is 25.8 Å². The molecule has 47 heavy (non-hydrogen) atoms. The Morgan fingerprint density at radius 1 is 0.787 bits per heavy atom. The zero-order valence-electron chi connectivity index (χ0n) is 25.8. The maximum Gasteiger partial charge on any atom is 0.412 e. The second-order valence-electron chi connectivity index (χ2n) is 10.6. The van der Waals surface area contributed by atoms with Gasteiger partial charge in [0.05, 0.1) is 23.7 Å². The van der Waals surface area contributed by atoms with Gasteiger partial charge in [-0.3, -0.25) is 10.1 Å². The molecule has 5 rings (SSSR count). The Bertz CT molecular complexity index is 1810. The SMILES string of the molecule is Nc1ccccc1NC(=O)/C=C/CC[C@H](Oc1ccccc1)[C@@H](OC(=O)Nc1cccc2ccccc12)c1ccccc1OCCO. The minimum absolute atomic E-state index is 0.0555. The van der Waals surface area contributed by atoms with Crippen molar-refractivity contribution in [2.75, 3.05) is 29.6 Å². The lowest BCUT2D eigenvalue weighted by atomic mass is 9.99. The Hall–Kier alpha value is -5.80. The number of para-hydroxylation sites is 4. The molecule has 0 bridgehead atoms. The van der Waals surface area contributed by atoms with Gasteiger partial charge in [-0.1, -0.05) is 91.0 Å². The van der Waals surface area contributed by atoms with E-state index >= 15 is 0 Å². The van der Waals surface area contributed by atoms with Gasteiger partial charge in [0.2, 0.25) is 5.91 Å². The highest BCUT2D eigenvalue weighted by molar-refractivity contribution is 6.01. The zero-order valence-corrected chi connectivity index (χ0v) is 25.8. The average Bonchev–Trinajstić information content (AvgIpc) is 3.09.